The van der Waals surface area contributed by atoms with E-state index in [2.05, 4.69) is 30.4 Å². The van der Waals surface area contributed by atoms with Crippen molar-refractivity contribution in [2.24, 2.45) is 13.0 Å². The lowest BCUT2D eigenvalue weighted by Crippen LogP contribution is -2.23. The van der Waals surface area contributed by atoms with Crippen LogP contribution < -0.4 is 14.8 Å². The van der Waals surface area contributed by atoms with E-state index in [1.807, 2.05) is 23.7 Å². The van der Waals surface area contributed by atoms with Crippen LogP contribution >= 0.6 is 0 Å². The van der Waals surface area contributed by atoms with Gasteiger partial charge in [-0.25, -0.2) is 0 Å². The number of ether oxygens (including phenoxy) is 2. The first-order valence-electron chi connectivity index (χ1n) is 8.85. The molecule has 1 saturated carbocycles. The molecule has 1 aromatic heterocycles. The first kappa shape index (κ1) is 16.0. The van der Waals surface area contributed by atoms with Crippen molar-refractivity contribution < 1.29 is 9.47 Å². The van der Waals surface area contributed by atoms with E-state index in [0.717, 1.165) is 23.7 Å². The highest BCUT2D eigenvalue weighted by Gasteiger charge is 2.33. The van der Waals surface area contributed by atoms with Gasteiger partial charge in [0.15, 0.2) is 11.5 Å². The molecule has 1 fully saturated rings. The van der Waals surface area contributed by atoms with Gasteiger partial charge in [-0.2, -0.15) is 5.26 Å². The van der Waals surface area contributed by atoms with E-state index < -0.39 is 0 Å². The van der Waals surface area contributed by atoms with Crippen molar-refractivity contribution in [3.63, 3.8) is 0 Å². The van der Waals surface area contributed by atoms with Crippen molar-refractivity contribution >= 4 is 0 Å². The number of nitrogens with one attached hydrogen (secondary N) is 1. The molecule has 0 spiro atoms. The zero-order valence-electron chi connectivity index (χ0n) is 14.7. The molecule has 4 rings (SSSR count). The van der Waals surface area contributed by atoms with Gasteiger partial charge in [0.2, 0.25) is 0 Å². The standard InChI is InChI=1S/C20H23N3O2/c1-13-16(9-17(11-21)23(13)2)12-22-20(14-3-4-14)15-5-6-18-19(10-15)25-8-7-24-18/h5-6,9-10,14,20,22H,3-4,7-8,12H2,1-2H3/t20-/m0/s1. The summed E-state index contributed by atoms with van der Waals surface area (Å²) < 4.78 is 13.3. The fourth-order valence-corrected chi connectivity index (χ4v) is 3.51. The molecule has 1 aliphatic carbocycles. The second-order valence-corrected chi connectivity index (χ2v) is 6.91. The van der Waals surface area contributed by atoms with Gasteiger partial charge in [0.1, 0.15) is 25.0 Å². The summed E-state index contributed by atoms with van der Waals surface area (Å²) in [5, 5.41) is 12.9. The van der Waals surface area contributed by atoms with Crippen LogP contribution in [0.1, 0.15) is 41.4 Å². The molecule has 0 bridgehead atoms. The number of nitrogens with zero attached hydrogens (tertiary/aromatic N) is 2. The summed E-state index contributed by atoms with van der Waals surface area (Å²) >= 11 is 0. The summed E-state index contributed by atoms with van der Waals surface area (Å²) in [6.07, 6.45) is 2.51. The van der Waals surface area contributed by atoms with Crippen molar-refractivity contribution in [1.82, 2.24) is 9.88 Å². The number of fused-ring (bicyclic) bond motifs is 1. The predicted octanol–water partition coefficient (Wildman–Crippen LogP) is 3.22. The van der Waals surface area contributed by atoms with Crippen LogP contribution in [-0.2, 0) is 13.6 Å². The summed E-state index contributed by atoms with van der Waals surface area (Å²) in [6, 6.07) is 10.8. The van der Waals surface area contributed by atoms with Gasteiger partial charge in [0.05, 0.1) is 0 Å². The highest BCUT2D eigenvalue weighted by molar-refractivity contribution is 5.45. The zero-order valence-corrected chi connectivity index (χ0v) is 14.7. The van der Waals surface area contributed by atoms with Gasteiger partial charge < -0.3 is 19.4 Å². The topological polar surface area (TPSA) is 59.2 Å². The van der Waals surface area contributed by atoms with Crippen molar-refractivity contribution in [3.8, 4) is 17.6 Å². The van der Waals surface area contributed by atoms with E-state index in [0.29, 0.717) is 30.9 Å². The quantitative estimate of drug-likeness (QED) is 0.910. The summed E-state index contributed by atoms with van der Waals surface area (Å²) in [7, 11) is 1.94. The molecule has 2 aromatic rings. The Labute approximate surface area is 148 Å². The molecule has 0 unspecified atom stereocenters. The van der Waals surface area contributed by atoms with Gasteiger partial charge in [0.25, 0.3) is 0 Å². The molecule has 5 heteroatoms. The number of hydrogen-bond acceptors (Lipinski definition) is 4. The molecule has 2 aliphatic rings. The van der Waals surface area contributed by atoms with Gasteiger partial charge in [-0.15, -0.1) is 0 Å². The van der Waals surface area contributed by atoms with Gasteiger partial charge in [-0.05, 0) is 55.0 Å². The summed E-state index contributed by atoms with van der Waals surface area (Å²) in [4.78, 5) is 0. The van der Waals surface area contributed by atoms with Gasteiger partial charge in [-0.1, -0.05) is 6.07 Å². The molecular formula is C20H23N3O2. The largest absolute Gasteiger partial charge is 0.486 e. The Morgan fingerprint density at radius 2 is 2.00 bits per heavy atom. The second kappa shape index (κ2) is 6.45. The van der Waals surface area contributed by atoms with Crippen LogP contribution in [-0.4, -0.2) is 17.8 Å². The molecule has 0 saturated heterocycles. The lowest BCUT2D eigenvalue weighted by molar-refractivity contribution is 0.171. The fourth-order valence-electron chi connectivity index (χ4n) is 3.51. The summed E-state index contributed by atoms with van der Waals surface area (Å²) in [5.41, 5.74) is 4.28. The Bertz CT molecular complexity index is 830. The SMILES string of the molecule is Cc1c(CN[C@H](c2ccc3c(c2)OCCO3)C2CC2)cc(C#N)n1C. The van der Waals surface area contributed by atoms with Crippen molar-refractivity contribution in [3.05, 3.63) is 46.8 Å². The van der Waals surface area contributed by atoms with Crippen LogP contribution in [0.2, 0.25) is 0 Å². The Kier molecular flexibility index (Phi) is 4.14. The third-order valence-electron chi connectivity index (χ3n) is 5.29. The van der Waals surface area contributed by atoms with Crippen LogP contribution in [0.3, 0.4) is 0 Å². The van der Waals surface area contributed by atoms with Crippen molar-refractivity contribution in [2.45, 2.75) is 32.4 Å². The maximum absolute atomic E-state index is 9.21. The molecule has 2 heterocycles. The average molecular weight is 337 g/mol. The lowest BCUT2D eigenvalue weighted by atomic mass is 10.0. The second-order valence-electron chi connectivity index (χ2n) is 6.91. The normalized spacial score (nSPS) is 17.2. The first-order valence-corrected chi connectivity index (χ1v) is 8.85. The van der Waals surface area contributed by atoms with Gasteiger partial charge >= 0.3 is 0 Å². The van der Waals surface area contributed by atoms with Crippen molar-refractivity contribution in [1.29, 1.82) is 5.26 Å². The molecule has 5 nitrogen and oxygen atoms in total. The van der Waals surface area contributed by atoms with Gasteiger partial charge in [-0.3, -0.25) is 0 Å². The van der Waals surface area contributed by atoms with Crippen LogP contribution in [0.15, 0.2) is 24.3 Å². The Morgan fingerprint density at radius 3 is 2.68 bits per heavy atom. The van der Waals surface area contributed by atoms with E-state index in [4.69, 9.17) is 9.47 Å². The zero-order chi connectivity index (χ0) is 17.4. The van der Waals surface area contributed by atoms with E-state index in [9.17, 15) is 5.26 Å². The molecular weight excluding hydrogens is 314 g/mol. The molecule has 25 heavy (non-hydrogen) atoms. The third-order valence-corrected chi connectivity index (χ3v) is 5.29. The molecule has 1 aromatic carbocycles. The molecule has 1 atom stereocenters. The highest BCUT2D eigenvalue weighted by atomic mass is 16.6. The van der Waals surface area contributed by atoms with Crippen LogP contribution in [0.25, 0.3) is 0 Å². The summed E-state index contributed by atoms with van der Waals surface area (Å²) in [5.74, 6) is 2.35. The minimum absolute atomic E-state index is 0.306. The Balaban J connectivity index is 1.54. The molecule has 1 N–H and O–H groups in total. The van der Waals surface area contributed by atoms with E-state index in [1.54, 1.807) is 0 Å². The Morgan fingerprint density at radius 1 is 1.24 bits per heavy atom. The minimum Gasteiger partial charge on any atom is -0.486 e. The average Bonchev–Trinajstić information content (AvgIpc) is 3.44. The highest BCUT2D eigenvalue weighted by Crippen LogP contribution is 2.43. The monoisotopic (exact) mass is 337 g/mol. The molecule has 1 aliphatic heterocycles. The summed E-state index contributed by atoms with van der Waals surface area (Å²) in [6.45, 7) is 4.05. The van der Waals surface area contributed by atoms with E-state index >= 15 is 0 Å². The number of rotatable bonds is 5. The number of benzene rings is 1. The fraction of sp³-hybridized carbons (Fsp3) is 0.450. The minimum atomic E-state index is 0.306. The smallest absolute Gasteiger partial charge is 0.161 e. The number of hydrogen-bond donors (Lipinski definition) is 1. The van der Waals surface area contributed by atoms with Crippen LogP contribution in [0, 0.1) is 24.2 Å². The maximum Gasteiger partial charge on any atom is 0.161 e. The number of aromatic nitrogens is 1. The molecule has 0 radical (unpaired) electrons. The first-order chi connectivity index (χ1) is 12.2. The van der Waals surface area contributed by atoms with E-state index in [1.165, 1.54) is 24.0 Å². The van der Waals surface area contributed by atoms with Crippen molar-refractivity contribution in [2.75, 3.05) is 13.2 Å². The van der Waals surface area contributed by atoms with E-state index in [-0.39, 0.29) is 0 Å². The maximum atomic E-state index is 9.21. The molecule has 0 amide bonds. The lowest BCUT2D eigenvalue weighted by Gasteiger charge is -2.23. The number of nitriles is 1. The van der Waals surface area contributed by atoms with Gasteiger partial charge in [0, 0.05) is 25.3 Å². The van der Waals surface area contributed by atoms with Crippen LogP contribution in [0.5, 0.6) is 11.5 Å². The third kappa shape index (κ3) is 3.10. The Hall–Kier alpha value is -2.45. The molecule has 130 valence electrons. The van der Waals surface area contributed by atoms with Crippen LogP contribution in [0.4, 0.5) is 0 Å². The predicted molar refractivity (Wildman–Crippen MR) is 94.6 cm³/mol.